The minimum absolute atomic E-state index is 0.108. The van der Waals surface area contributed by atoms with E-state index < -0.39 is 20.1 Å². The van der Waals surface area contributed by atoms with Crippen LogP contribution in [0.3, 0.4) is 0 Å². The number of benzene rings is 1. The summed E-state index contributed by atoms with van der Waals surface area (Å²) in [5.74, 6) is 0. The van der Waals surface area contributed by atoms with Crippen LogP contribution in [-0.2, 0) is 24.3 Å². The number of rotatable bonds is 8. The van der Waals surface area contributed by atoms with Gasteiger partial charge in [0.2, 0.25) is 10.0 Å². The van der Waals surface area contributed by atoms with Gasteiger partial charge in [0.1, 0.15) is 0 Å². The van der Waals surface area contributed by atoms with Crippen molar-refractivity contribution >= 4 is 36.1 Å². The lowest BCUT2D eigenvalue weighted by Crippen LogP contribution is -2.24. The summed E-state index contributed by atoms with van der Waals surface area (Å²) in [5, 5.41) is 0. The van der Waals surface area contributed by atoms with Gasteiger partial charge in [0.05, 0.1) is 17.8 Å². The quantitative estimate of drug-likeness (QED) is 0.521. The van der Waals surface area contributed by atoms with Crippen LogP contribution in [0.5, 0.6) is 0 Å². The normalized spacial score (nSPS) is 13.3. The van der Waals surface area contributed by atoms with E-state index in [-0.39, 0.29) is 18.0 Å². The second kappa shape index (κ2) is 8.21. The smallest absolute Gasteiger partial charge is 0.264 e. The van der Waals surface area contributed by atoms with Crippen molar-refractivity contribution in [3.05, 3.63) is 40.4 Å². The van der Waals surface area contributed by atoms with Crippen LogP contribution in [0.4, 0.5) is 0 Å². The average Bonchev–Trinajstić information content (AvgIpc) is 2.41. The van der Waals surface area contributed by atoms with E-state index in [9.17, 15) is 16.8 Å². The SMILES string of the molecule is Cc1ccc(S(=O)(=O)NCC/C=C(/Br)COS(C)(=O)=O)cc1. The number of aryl methyl sites for hydroxylation is 1. The lowest BCUT2D eigenvalue weighted by Gasteiger charge is -2.06. The van der Waals surface area contributed by atoms with Gasteiger partial charge in [-0.05, 0) is 25.5 Å². The molecule has 0 heterocycles. The molecular formula is C13H18BrNO5S2. The number of sulfonamides is 1. The Balaban J connectivity index is 2.48. The Morgan fingerprint density at radius 1 is 1.23 bits per heavy atom. The van der Waals surface area contributed by atoms with Gasteiger partial charge in [0, 0.05) is 11.0 Å². The molecule has 22 heavy (non-hydrogen) atoms. The zero-order chi connectivity index (χ0) is 16.8. The lowest BCUT2D eigenvalue weighted by atomic mass is 10.2. The van der Waals surface area contributed by atoms with E-state index in [0.29, 0.717) is 10.9 Å². The summed E-state index contributed by atoms with van der Waals surface area (Å²) in [6, 6.07) is 6.55. The molecule has 0 unspecified atom stereocenters. The van der Waals surface area contributed by atoms with E-state index in [1.54, 1.807) is 30.3 Å². The van der Waals surface area contributed by atoms with Crippen LogP contribution in [0.25, 0.3) is 0 Å². The van der Waals surface area contributed by atoms with Crippen LogP contribution in [0.1, 0.15) is 12.0 Å². The highest BCUT2D eigenvalue weighted by atomic mass is 79.9. The van der Waals surface area contributed by atoms with Crippen molar-refractivity contribution in [3.63, 3.8) is 0 Å². The van der Waals surface area contributed by atoms with Gasteiger partial charge in [-0.3, -0.25) is 4.18 Å². The molecule has 1 aromatic carbocycles. The number of hydrogen-bond donors (Lipinski definition) is 1. The van der Waals surface area contributed by atoms with Crippen LogP contribution in [0.2, 0.25) is 0 Å². The summed E-state index contributed by atoms with van der Waals surface area (Å²) in [4.78, 5) is 0.210. The Kier molecular flexibility index (Phi) is 7.20. The van der Waals surface area contributed by atoms with Gasteiger partial charge in [-0.15, -0.1) is 0 Å². The molecule has 0 bridgehead atoms. The molecule has 1 rings (SSSR count). The zero-order valence-corrected chi connectivity index (χ0v) is 15.5. The molecule has 0 aliphatic heterocycles. The maximum atomic E-state index is 12.0. The first-order valence-electron chi connectivity index (χ1n) is 6.35. The first kappa shape index (κ1) is 19.3. The van der Waals surface area contributed by atoms with Crippen LogP contribution in [-0.4, -0.2) is 36.2 Å². The van der Waals surface area contributed by atoms with Crippen LogP contribution >= 0.6 is 15.9 Å². The Hall–Kier alpha value is -0.740. The summed E-state index contributed by atoms with van der Waals surface area (Å²) in [5.41, 5.74) is 0.983. The van der Waals surface area contributed by atoms with Crippen molar-refractivity contribution in [2.75, 3.05) is 19.4 Å². The molecule has 1 aromatic rings. The Morgan fingerprint density at radius 3 is 2.36 bits per heavy atom. The molecule has 0 radical (unpaired) electrons. The van der Waals surface area contributed by atoms with E-state index in [1.807, 2.05) is 6.92 Å². The summed E-state index contributed by atoms with van der Waals surface area (Å²) >= 11 is 3.16. The third-order valence-electron chi connectivity index (χ3n) is 2.54. The Morgan fingerprint density at radius 2 is 1.82 bits per heavy atom. The molecule has 9 heteroatoms. The van der Waals surface area contributed by atoms with E-state index >= 15 is 0 Å². The van der Waals surface area contributed by atoms with E-state index in [0.717, 1.165) is 11.8 Å². The second-order valence-corrected chi connectivity index (χ2v) is 9.05. The predicted molar refractivity (Wildman–Crippen MR) is 88.8 cm³/mol. The summed E-state index contributed by atoms with van der Waals surface area (Å²) < 4.78 is 53.2. The van der Waals surface area contributed by atoms with Crippen molar-refractivity contribution in [1.29, 1.82) is 0 Å². The fourth-order valence-corrected chi connectivity index (χ4v) is 3.33. The molecule has 0 saturated heterocycles. The third-order valence-corrected chi connectivity index (χ3v) is 5.12. The monoisotopic (exact) mass is 411 g/mol. The third kappa shape index (κ3) is 7.50. The minimum Gasteiger partial charge on any atom is -0.265 e. The highest BCUT2D eigenvalue weighted by molar-refractivity contribution is 9.11. The fraction of sp³-hybridized carbons (Fsp3) is 0.385. The van der Waals surface area contributed by atoms with Gasteiger partial charge in [0.25, 0.3) is 10.1 Å². The molecule has 0 aliphatic rings. The molecule has 0 amide bonds. The van der Waals surface area contributed by atoms with Gasteiger partial charge in [-0.25, -0.2) is 13.1 Å². The Bertz CT molecular complexity index is 724. The number of nitrogens with one attached hydrogen (secondary N) is 1. The lowest BCUT2D eigenvalue weighted by molar-refractivity contribution is 0.359. The molecule has 0 atom stereocenters. The van der Waals surface area contributed by atoms with E-state index in [4.69, 9.17) is 0 Å². The predicted octanol–water partition coefficient (Wildman–Crippen LogP) is 1.92. The van der Waals surface area contributed by atoms with Gasteiger partial charge < -0.3 is 0 Å². The van der Waals surface area contributed by atoms with Crippen molar-refractivity contribution in [2.24, 2.45) is 0 Å². The topological polar surface area (TPSA) is 89.5 Å². The van der Waals surface area contributed by atoms with Gasteiger partial charge in [-0.2, -0.15) is 8.42 Å². The van der Waals surface area contributed by atoms with Crippen LogP contribution in [0, 0.1) is 6.92 Å². The largest absolute Gasteiger partial charge is 0.265 e. The molecule has 0 saturated carbocycles. The molecule has 124 valence electrons. The molecule has 6 nitrogen and oxygen atoms in total. The highest BCUT2D eigenvalue weighted by Gasteiger charge is 2.12. The molecule has 0 fully saturated rings. The van der Waals surface area contributed by atoms with Crippen molar-refractivity contribution in [2.45, 2.75) is 18.2 Å². The molecule has 0 spiro atoms. The summed E-state index contributed by atoms with van der Waals surface area (Å²) in [7, 11) is -7.03. The maximum absolute atomic E-state index is 12.0. The molecule has 1 N–H and O–H groups in total. The standard InChI is InChI=1S/C13H18BrNO5S2/c1-11-5-7-13(8-6-11)22(18,19)15-9-3-4-12(14)10-20-21(2,16)17/h4-8,15H,3,9-10H2,1-2H3/b12-4+. The van der Waals surface area contributed by atoms with Gasteiger partial charge >= 0.3 is 0 Å². The molecular weight excluding hydrogens is 394 g/mol. The zero-order valence-electron chi connectivity index (χ0n) is 12.2. The van der Waals surface area contributed by atoms with Gasteiger partial charge in [0.15, 0.2) is 0 Å². The molecule has 0 aliphatic carbocycles. The summed E-state index contributed by atoms with van der Waals surface area (Å²) in [6.07, 6.45) is 3.02. The molecule has 0 aromatic heterocycles. The van der Waals surface area contributed by atoms with Crippen LogP contribution < -0.4 is 4.72 Å². The van der Waals surface area contributed by atoms with Crippen molar-refractivity contribution in [3.8, 4) is 0 Å². The van der Waals surface area contributed by atoms with Crippen molar-refractivity contribution in [1.82, 2.24) is 4.72 Å². The summed E-state index contributed by atoms with van der Waals surface area (Å²) in [6.45, 7) is 1.97. The van der Waals surface area contributed by atoms with Crippen molar-refractivity contribution < 1.29 is 21.0 Å². The number of halogens is 1. The van der Waals surface area contributed by atoms with Crippen LogP contribution in [0.15, 0.2) is 39.7 Å². The fourth-order valence-electron chi connectivity index (χ4n) is 1.45. The number of hydrogen-bond acceptors (Lipinski definition) is 5. The first-order chi connectivity index (χ1) is 10.1. The van der Waals surface area contributed by atoms with Gasteiger partial charge in [-0.1, -0.05) is 39.7 Å². The van der Waals surface area contributed by atoms with E-state index in [2.05, 4.69) is 24.8 Å². The first-order valence-corrected chi connectivity index (χ1v) is 10.4. The van der Waals surface area contributed by atoms with E-state index in [1.165, 1.54) is 0 Å². The maximum Gasteiger partial charge on any atom is 0.264 e. The second-order valence-electron chi connectivity index (χ2n) is 4.62. The average molecular weight is 412 g/mol. The Labute approximate surface area is 139 Å². The minimum atomic E-state index is -3.53. The highest BCUT2D eigenvalue weighted by Crippen LogP contribution is 2.11.